The average Bonchev–Trinajstić information content (AvgIpc) is 2.27. The summed E-state index contributed by atoms with van der Waals surface area (Å²) in [6.07, 6.45) is -2.41. The maximum absolute atomic E-state index is 13.5. The second kappa shape index (κ2) is 5.98. The van der Waals surface area contributed by atoms with Crippen molar-refractivity contribution in [1.82, 2.24) is 0 Å². The van der Waals surface area contributed by atoms with E-state index in [0.29, 0.717) is 0 Å². The molecule has 0 spiro atoms. The largest absolute Gasteiger partial charge is 0.463 e. The van der Waals surface area contributed by atoms with E-state index in [1.807, 2.05) is 0 Å². The maximum atomic E-state index is 13.5. The van der Waals surface area contributed by atoms with E-state index in [1.54, 1.807) is 0 Å². The van der Waals surface area contributed by atoms with Crippen LogP contribution in [-0.2, 0) is 9.53 Å². The van der Waals surface area contributed by atoms with Gasteiger partial charge in [0.05, 0.1) is 22.2 Å². The lowest BCUT2D eigenvalue weighted by molar-refractivity contribution is -0.147. The lowest BCUT2D eigenvalue weighted by Crippen LogP contribution is -2.28. The molecular formula is C11H9Cl2FO3. The van der Waals surface area contributed by atoms with E-state index in [0.717, 1.165) is 0 Å². The highest BCUT2D eigenvalue weighted by Gasteiger charge is 2.31. The molecule has 0 bridgehead atoms. The first-order valence-corrected chi connectivity index (χ1v) is 5.53. The summed E-state index contributed by atoms with van der Waals surface area (Å²) in [7, 11) is 0. The third-order valence-electron chi connectivity index (χ3n) is 1.93. The van der Waals surface area contributed by atoms with Crippen LogP contribution in [0.25, 0.3) is 0 Å². The fourth-order valence-electron chi connectivity index (χ4n) is 1.18. The fraction of sp³-hybridized carbons (Fsp3) is 0.273. The van der Waals surface area contributed by atoms with Gasteiger partial charge in [-0.25, -0.2) is 9.18 Å². The number of hydrogen-bond acceptors (Lipinski definition) is 3. The first kappa shape index (κ1) is 13.9. The molecule has 92 valence electrons. The molecule has 0 N–H and O–H groups in total. The van der Waals surface area contributed by atoms with Crippen LogP contribution in [0.2, 0.25) is 10.0 Å². The SMILES string of the molecule is CCOC(=O)C(F)C(=O)c1c(Cl)cccc1Cl. The van der Waals surface area contributed by atoms with Crippen molar-refractivity contribution in [3.8, 4) is 0 Å². The topological polar surface area (TPSA) is 43.4 Å². The molecule has 0 heterocycles. The molecule has 0 aliphatic heterocycles. The summed E-state index contributed by atoms with van der Waals surface area (Å²) < 4.78 is 17.9. The molecule has 0 amide bonds. The van der Waals surface area contributed by atoms with Crippen molar-refractivity contribution in [2.75, 3.05) is 6.61 Å². The van der Waals surface area contributed by atoms with E-state index < -0.39 is 17.9 Å². The molecular weight excluding hydrogens is 270 g/mol. The summed E-state index contributed by atoms with van der Waals surface area (Å²) in [4.78, 5) is 22.7. The van der Waals surface area contributed by atoms with E-state index in [9.17, 15) is 14.0 Å². The van der Waals surface area contributed by atoms with Crippen molar-refractivity contribution in [2.24, 2.45) is 0 Å². The van der Waals surface area contributed by atoms with Gasteiger partial charge in [0.15, 0.2) is 0 Å². The third kappa shape index (κ3) is 3.17. The van der Waals surface area contributed by atoms with Crippen LogP contribution in [0, 0.1) is 0 Å². The zero-order valence-corrected chi connectivity index (χ0v) is 10.4. The number of halogens is 3. The van der Waals surface area contributed by atoms with Crippen LogP contribution < -0.4 is 0 Å². The zero-order chi connectivity index (χ0) is 13.0. The van der Waals surface area contributed by atoms with E-state index >= 15 is 0 Å². The number of carbonyl (C=O) groups is 2. The Hall–Kier alpha value is -1.13. The predicted molar refractivity (Wildman–Crippen MR) is 62.3 cm³/mol. The Kier molecular flexibility index (Phi) is 4.90. The van der Waals surface area contributed by atoms with Gasteiger partial charge in [0.2, 0.25) is 5.78 Å². The van der Waals surface area contributed by atoms with Crippen LogP contribution in [0.15, 0.2) is 18.2 Å². The van der Waals surface area contributed by atoms with Crippen LogP contribution in [0.1, 0.15) is 17.3 Å². The number of Topliss-reactive ketones (excluding diaryl/α,β-unsaturated/α-hetero) is 1. The van der Waals surface area contributed by atoms with Crippen LogP contribution >= 0.6 is 23.2 Å². The first-order valence-electron chi connectivity index (χ1n) is 4.78. The molecule has 0 aliphatic rings. The molecule has 6 heteroatoms. The second-order valence-electron chi connectivity index (χ2n) is 3.08. The number of carbonyl (C=O) groups excluding carboxylic acids is 2. The van der Waals surface area contributed by atoms with Gasteiger partial charge in [-0.3, -0.25) is 4.79 Å². The molecule has 1 atom stereocenters. The van der Waals surface area contributed by atoms with Gasteiger partial charge in [0, 0.05) is 0 Å². The number of ketones is 1. The van der Waals surface area contributed by atoms with Gasteiger partial charge in [-0.2, -0.15) is 0 Å². The molecule has 0 saturated heterocycles. The van der Waals surface area contributed by atoms with Gasteiger partial charge in [-0.05, 0) is 19.1 Å². The van der Waals surface area contributed by atoms with E-state index in [2.05, 4.69) is 4.74 Å². The Morgan fingerprint density at radius 2 is 1.88 bits per heavy atom. The lowest BCUT2D eigenvalue weighted by Gasteiger charge is -2.09. The maximum Gasteiger partial charge on any atom is 0.349 e. The van der Waals surface area contributed by atoms with Crippen LogP contribution in [0.4, 0.5) is 4.39 Å². The molecule has 1 unspecified atom stereocenters. The van der Waals surface area contributed by atoms with Gasteiger partial charge in [0.25, 0.3) is 6.17 Å². The molecule has 0 aliphatic carbocycles. The minimum atomic E-state index is -2.41. The van der Waals surface area contributed by atoms with Crippen molar-refractivity contribution in [1.29, 1.82) is 0 Å². The van der Waals surface area contributed by atoms with Crippen LogP contribution in [-0.4, -0.2) is 24.5 Å². The Morgan fingerprint density at radius 3 is 2.35 bits per heavy atom. The van der Waals surface area contributed by atoms with Crippen molar-refractivity contribution in [2.45, 2.75) is 13.1 Å². The average molecular weight is 279 g/mol. The lowest BCUT2D eigenvalue weighted by atomic mass is 10.1. The van der Waals surface area contributed by atoms with Crippen molar-refractivity contribution < 1.29 is 18.7 Å². The number of esters is 1. The number of rotatable bonds is 4. The van der Waals surface area contributed by atoms with Crippen molar-refractivity contribution >= 4 is 35.0 Å². The Balaban J connectivity index is 3.01. The standard InChI is InChI=1S/C11H9Cl2FO3/c1-2-17-11(16)9(14)10(15)8-6(12)4-3-5-7(8)13/h3-5,9H,2H2,1H3. The van der Waals surface area contributed by atoms with Crippen LogP contribution in [0.5, 0.6) is 0 Å². The smallest absolute Gasteiger partial charge is 0.349 e. The Bertz CT molecular complexity index is 428. The molecule has 0 fully saturated rings. The van der Waals surface area contributed by atoms with E-state index in [4.69, 9.17) is 23.2 Å². The molecule has 1 aromatic rings. The van der Waals surface area contributed by atoms with Gasteiger partial charge in [0.1, 0.15) is 0 Å². The summed E-state index contributed by atoms with van der Waals surface area (Å²) in [6, 6.07) is 4.29. The molecule has 0 saturated carbocycles. The van der Waals surface area contributed by atoms with Gasteiger partial charge >= 0.3 is 5.97 Å². The van der Waals surface area contributed by atoms with Crippen molar-refractivity contribution in [3.05, 3.63) is 33.8 Å². The Labute approximate surface area is 107 Å². The highest BCUT2D eigenvalue weighted by Crippen LogP contribution is 2.26. The highest BCUT2D eigenvalue weighted by molar-refractivity contribution is 6.40. The van der Waals surface area contributed by atoms with Gasteiger partial charge in [-0.1, -0.05) is 29.3 Å². The minimum Gasteiger partial charge on any atom is -0.463 e. The monoisotopic (exact) mass is 278 g/mol. The molecule has 0 aromatic heterocycles. The summed E-state index contributed by atoms with van der Waals surface area (Å²) in [5.41, 5.74) is -0.212. The second-order valence-corrected chi connectivity index (χ2v) is 3.89. The molecule has 1 rings (SSSR count). The van der Waals surface area contributed by atoms with Crippen molar-refractivity contribution in [3.63, 3.8) is 0 Å². The van der Waals surface area contributed by atoms with E-state index in [-0.39, 0.29) is 22.2 Å². The summed E-state index contributed by atoms with van der Waals surface area (Å²) in [5, 5.41) is -0.0103. The number of benzene rings is 1. The molecule has 17 heavy (non-hydrogen) atoms. The van der Waals surface area contributed by atoms with Crippen LogP contribution in [0.3, 0.4) is 0 Å². The molecule has 1 aromatic carbocycles. The number of alkyl halides is 1. The first-order chi connectivity index (χ1) is 7.99. The number of hydrogen-bond donors (Lipinski definition) is 0. The van der Waals surface area contributed by atoms with E-state index in [1.165, 1.54) is 25.1 Å². The summed E-state index contributed by atoms with van der Waals surface area (Å²) in [6.45, 7) is 1.50. The van der Waals surface area contributed by atoms with Gasteiger partial charge in [-0.15, -0.1) is 0 Å². The molecule has 3 nitrogen and oxygen atoms in total. The minimum absolute atomic E-state index is 0.00514. The quantitative estimate of drug-likeness (QED) is 0.483. The zero-order valence-electron chi connectivity index (χ0n) is 8.88. The highest BCUT2D eigenvalue weighted by atomic mass is 35.5. The molecule has 0 radical (unpaired) electrons. The fourth-order valence-corrected chi connectivity index (χ4v) is 1.77. The predicted octanol–water partition coefficient (Wildman–Crippen LogP) is 3.08. The number of ether oxygens (including phenoxy) is 1. The summed E-state index contributed by atoms with van der Waals surface area (Å²) in [5.74, 6) is -2.34. The Morgan fingerprint density at radius 1 is 1.35 bits per heavy atom. The van der Waals surface area contributed by atoms with Gasteiger partial charge < -0.3 is 4.74 Å². The summed E-state index contributed by atoms with van der Waals surface area (Å²) >= 11 is 11.5. The third-order valence-corrected chi connectivity index (χ3v) is 2.56. The normalized spacial score (nSPS) is 12.0.